The van der Waals surface area contributed by atoms with Crippen molar-refractivity contribution in [3.63, 3.8) is 0 Å². The summed E-state index contributed by atoms with van der Waals surface area (Å²) in [6.45, 7) is 5.34. The molecule has 188 valence electrons. The summed E-state index contributed by atoms with van der Waals surface area (Å²) in [6.07, 6.45) is -0.593. The smallest absolute Gasteiger partial charge is 0.268 e. The number of aliphatic hydroxyl groups is 1. The van der Waals surface area contributed by atoms with Crippen molar-refractivity contribution in [3.05, 3.63) is 65.2 Å². The summed E-state index contributed by atoms with van der Waals surface area (Å²) in [5, 5.41) is 23.5. The molecule has 0 heterocycles. The minimum absolute atomic E-state index is 0.227. The van der Waals surface area contributed by atoms with Gasteiger partial charge in [0, 0.05) is 22.4 Å². The monoisotopic (exact) mass is 490 g/mol. The van der Waals surface area contributed by atoms with Gasteiger partial charge in [-0.25, -0.2) is 5.48 Å². The number of anilines is 1. The number of benzene rings is 2. The molecule has 2 rings (SSSR count). The fourth-order valence-corrected chi connectivity index (χ4v) is 3.10. The summed E-state index contributed by atoms with van der Waals surface area (Å²) in [4.78, 5) is 36.0. The van der Waals surface area contributed by atoms with Crippen LogP contribution >= 0.6 is 0 Å². The van der Waals surface area contributed by atoms with Gasteiger partial charge in [-0.2, -0.15) is 0 Å². The van der Waals surface area contributed by atoms with Crippen LogP contribution in [-0.4, -0.2) is 46.2 Å². The zero-order valence-corrected chi connectivity index (χ0v) is 20.3. The molecule has 0 aliphatic heterocycles. The number of nitrogens with two attached hydrogens (primary N) is 1. The first-order valence-electron chi connectivity index (χ1n) is 11.3. The van der Waals surface area contributed by atoms with Gasteiger partial charge in [0.1, 0.15) is 6.04 Å². The second kappa shape index (κ2) is 13.7. The molecular formula is C27H30N4O5. The minimum atomic E-state index is -1.30. The first kappa shape index (κ1) is 28.1. The van der Waals surface area contributed by atoms with Crippen molar-refractivity contribution in [2.45, 2.75) is 45.4 Å². The molecule has 0 bridgehead atoms. The van der Waals surface area contributed by atoms with E-state index in [-0.39, 0.29) is 11.5 Å². The van der Waals surface area contributed by atoms with E-state index in [9.17, 15) is 19.5 Å². The Labute approximate surface area is 210 Å². The molecule has 3 amide bonds. The van der Waals surface area contributed by atoms with Gasteiger partial charge in [0.2, 0.25) is 5.91 Å². The zero-order valence-electron chi connectivity index (χ0n) is 20.3. The number of amides is 3. The maximum atomic E-state index is 12.3. The highest BCUT2D eigenvalue weighted by Gasteiger charge is 2.25. The van der Waals surface area contributed by atoms with Gasteiger partial charge in [-0.1, -0.05) is 25.7 Å². The second-order valence-electron chi connectivity index (χ2n) is 8.55. The van der Waals surface area contributed by atoms with E-state index in [1.54, 1.807) is 36.4 Å². The highest BCUT2D eigenvalue weighted by atomic mass is 16.5. The molecule has 0 aliphatic carbocycles. The van der Waals surface area contributed by atoms with E-state index in [0.717, 1.165) is 5.56 Å². The number of hydrogen-bond acceptors (Lipinski definition) is 6. The summed E-state index contributed by atoms with van der Waals surface area (Å²) in [5.41, 5.74) is 9.53. The standard InChI is InChI=1S/C27H30N4O5/c1-17(2)16-23(28)26(34)29-22-14-10-20(11-15-22)7-5-4-6-19-8-12-21(13-9-19)25(33)30-24(18(3)32)27(35)31-36/h8-15,17-18,23-24,32,36H,16,28H2,1-3H3,(H,29,34)(H,30,33)(H,31,35)/t18-,23+,24?/m1/s1. The molecule has 0 spiro atoms. The van der Waals surface area contributed by atoms with Gasteiger partial charge in [0.25, 0.3) is 11.8 Å². The van der Waals surface area contributed by atoms with Crippen molar-refractivity contribution >= 4 is 23.4 Å². The van der Waals surface area contributed by atoms with E-state index in [0.29, 0.717) is 23.6 Å². The highest BCUT2D eigenvalue weighted by Crippen LogP contribution is 2.11. The van der Waals surface area contributed by atoms with Gasteiger partial charge >= 0.3 is 0 Å². The molecule has 2 aromatic rings. The van der Waals surface area contributed by atoms with Crippen molar-refractivity contribution in [2.24, 2.45) is 11.7 Å². The third-order valence-corrected chi connectivity index (χ3v) is 5.00. The van der Waals surface area contributed by atoms with Crippen molar-refractivity contribution in [1.82, 2.24) is 10.8 Å². The molecule has 0 radical (unpaired) electrons. The predicted molar refractivity (Wildman–Crippen MR) is 136 cm³/mol. The van der Waals surface area contributed by atoms with Crippen LogP contribution in [0.1, 0.15) is 48.7 Å². The molecule has 9 heteroatoms. The lowest BCUT2D eigenvalue weighted by Gasteiger charge is -2.19. The molecule has 3 atom stereocenters. The summed E-state index contributed by atoms with van der Waals surface area (Å²) >= 11 is 0. The van der Waals surface area contributed by atoms with Gasteiger partial charge in [-0.15, -0.1) is 0 Å². The molecule has 2 aromatic carbocycles. The Kier molecular flexibility index (Phi) is 10.7. The molecule has 0 saturated heterocycles. The van der Waals surface area contributed by atoms with Crippen molar-refractivity contribution < 1.29 is 24.7 Å². The second-order valence-corrected chi connectivity index (χ2v) is 8.55. The molecule has 0 saturated carbocycles. The SMILES string of the molecule is CC(C)C[C@H](N)C(=O)Nc1ccc(C#CC#Cc2ccc(C(=O)NC(C(=O)NO)[C@@H](C)O)cc2)cc1. The lowest BCUT2D eigenvalue weighted by molar-refractivity contribution is -0.133. The summed E-state index contributed by atoms with van der Waals surface area (Å²) in [6, 6.07) is 11.4. The maximum Gasteiger partial charge on any atom is 0.268 e. The zero-order chi connectivity index (χ0) is 26.7. The van der Waals surface area contributed by atoms with Crippen LogP contribution in [0.15, 0.2) is 48.5 Å². The number of nitrogens with one attached hydrogen (secondary N) is 3. The van der Waals surface area contributed by atoms with Gasteiger partial charge < -0.3 is 21.5 Å². The van der Waals surface area contributed by atoms with Crippen LogP contribution in [-0.2, 0) is 9.59 Å². The van der Waals surface area contributed by atoms with Crippen LogP contribution in [0.25, 0.3) is 0 Å². The van der Waals surface area contributed by atoms with Crippen molar-refractivity contribution in [3.8, 4) is 23.7 Å². The lowest BCUT2D eigenvalue weighted by Crippen LogP contribution is -2.51. The van der Waals surface area contributed by atoms with Crippen LogP contribution in [0.3, 0.4) is 0 Å². The summed E-state index contributed by atoms with van der Waals surface area (Å²) < 4.78 is 0. The van der Waals surface area contributed by atoms with E-state index < -0.39 is 30.0 Å². The molecule has 0 aromatic heterocycles. The first-order chi connectivity index (χ1) is 17.1. The fraction of sp³-hybridized carbons (Fsp3) is 0.296. The Bertz CT molecular complexity index is 1180. The van der Waals surface area contributed by atoms with Crippen LogP contribution in [0.2, 0.25) is 0 Å². The largest absolute Gasteiger partial charge is 0.391 e. The Morgan fingerprint density at radius 1 is 0.889 bits per heavy atom. The van der Waals surface area contributed by atoms with Crippen LogP contribution in [0.4, 0.5) is 5.69 Å². The van der Waals surface area contributed by atoms with Crippen LogP contribution < -0.4 is 21.8 Å². The number of hydrogen-bond donors (Lipinski definition) is 6. The average Bonchev–Trinajstić information content (AvgIpc) is 2.85. The van der Waals surface area contributed by atoms with E-state index >= 15 is 0 Å². The topological polar surface area (TPSA) is 154 Å². The number of hydroxylamine groups is 1. The van der Waals surface area contributed by atoms with Crippen LogP contribution in [0, 0.1) is 29.6 Å². The molecule has 36 heavy (non-hydrogen) atoms. The van der Waals surface area contributed by atoms with E-state index in [1.807, 2.05) is 13.8 Å². The molecule has 0 aliphatic rings. The highest BCUT2D eigenvalue weighted by molar-refractivity contribution is 5.97. The van der Waals surface area contributed by atoms with E-state index in [1.165, 1.54) is 24.5 Å². The summed E-state index contributed by atoms with van der Waals surface area (Å²) in [7, 11) is 0. The van der Waals surface area contributed by atoms with E-state index in [2.05, 4.69) is 34.3 Å². The number of carbonyl (C=O) groups excluding carboxylic acids is 3. The molecule has 1 unspecified atom stereocenters. The quantitative estimate of drug-likeness (QED) is 0.187. The molecule has 7 N–H and O–H groups in total. The van der Waals surface area contributed by atoms with Crippen molar-refractivity contribution in [2.75, 3.05) is 5.32 Å². The maximum absolute atomic E-state index is 12.3. The summed E-state index contributed by atoms with van der Waals surface area (Å²) in [5.74, 6) is 9.86. The van der Waals surface area contributed by atoms with E-state index in [4.69, 9.17) is 10.9 Å². The molecule has 0 fully saturated rings. The molecule has 9 nitrogen and oxygen atoms in total. The lowest BCUT2D eigenvalue weighted by atomic mass is 10.0. The van der Waals surface area contributed by atoms with Gasteiger partial charge in [-0.05, 0) is 79.6 Å². The normalized spacial score (nSPS) is 12.6. The van der Waals surface area contributed by atoms with Gasteiger partial charge in [0.15, 0.2) is 0 Å². The fourth-order valence-electron chi connectivity index (χ4n) is 3.10. The number of rotatable bonds is 8. The van der Waals surface area contributed by atoms with Gasteiger partial charge in [0.05, 0.1) is 12.1 Å². The Morgan fingerprint density at radius 2 is 1.42 bits per heavy atom. The Hall–Kier alpha value is -4.15. The molecular weight excluding hydrogens is 460 g/mol. The van der Waals surface area contributed by atoms with Gasteiger partial charge in [-0.3, -0.25) is 19.6 Å². The van der Waals surface area contributed by atoms with Crippen molar-refractivity contribution in [1.29, 1.82) is 0 Å². The Morgan fingerprint density at radius 3 is 1.89 bits per heavy atom. The average molecular weight is 491 g/mol. The number of carbonyl (C=O) groups is 3. The Balaban J connectivity index is 1.95. The minimum Gasteiger partial charge on any atom is -0.391 e. The first-order valence-corrected chi connectivity index (χ1v) is 11.3. The number of aliphatic hydroxyl groups excluding tert-OH is 1. The third kappa shape index (κ3) is 8.90. The predicted octanol–water partition coefficient (Wildman–Crippen LogP) is 1.39. The third-order valence-electron chi connectivity index (χ3n) is 5.00. The van der Waals surface area contributed by atoms with Crippen LogP contribution in [0.5, 0.6) is 0 Å².